The molecule has 14 heteroatoms. The van der Waals surface area contributed by atoms with Gasteiger partial charge in [0.1, 0.15) is 28.9 Å². The van der Waals surface area contributed by atoms with Gasteiger partial charge in [-0.3, -0.25) is 19.2 Å². The molecule has 3 N–H and O–H groups in total. The smallest absolute Gasteiger partial charge is 0.342 e. The summed E-state index contributed by atoms with van der Waals surface area (Å²) in [5.41, 5.74) is 1.89. The number of cyclic esters (lactones) is 1. The number of phenolic OH excluding ortho intramolecular Hbond substituents is 2. The molecule has 64 heavy (non-hydrogen) atoms. The third-order valence-electron chi connectivity index (χ3n) is 12.6. The number of fused-ring (bicyclic) bond motifs is 5. The van der Waals surface area contributed by atoms with E-state index in [1.165, 1.54) is 27.4 Å². The summed E-state index contributed by atoms with van der Waals surface area (Å²) < 4.78 is 24.6. The summed E-state index contributed by atoms with van der Waals surface area (Å²) in [6, 6.07) is 18.2. The molecule has 4 aromatic rings. The van der Waals surface area contributed by atoms with Crippen LogP contribution in [0.25, 0.3) is 6.08 Å². The molecule has 0 radical (unpaired) electrons. The second-order valence-electron chi connectivity index (χ2n) is 17.0. The molecule has 1 fully saturated rings. The minimum absolute atomic E-state index is 0.0449. The molecule has 4 heterocycles. The third kappa shape index (κ3) is 10.1. The van der Waals surface area contributed by atoms with Gasteiger partial charge in [0.05, 0.1) is 27.4 Å². The number of carbonyl (C=O) groups is 4. The van der Waals surface area contributed by atoms with Crippen molar-refractivity contribution in [1.82, 2.24) is 14.8 Å². The molecule has 338 valence electrons. The average Bonchev–Trinajstić information content (AvgIpc) is 3.27. The van der Waals surface area contributed by atoms with Crippen LogP contribution in [0.1, 0.15) is 108 Å². The van der Waals surface area contributed by atoms with Crippen LogP contribution < -0.4 is 25.1 Å². The Balaban J connectivity index is 1.27. The number of nitrogens with one attached hydrogen (secondary N) is 1. The van der Waals surface area contributed by atoms with Gasteiger partial charge < -0.3 is 43.9 Å². The van der Waals surface area contributed by atoms with Crippen LogP contribution in [0.2, 0.25) is 0 Å². The van der Waals surface area contributed by atoms with E-state index in [0.29, 0.717) is 63.7 Å². The van der Waals surface area contributed by atoms with Crippen molar-refractivity contribution in [2.45, 2.75) is 95.2 Å². The number of ether oxygens (including phenoxy) is 4. The summed E-state index contributed by atoms with van der Waals surface area (Å²) >= 11 is 0. The number of ketones is 1. The second kappa shape index (κ2) is 20.3. The first-order valence-corrected chi connectivity index (χ1v) is 22.0. The highest BCUT2D eigenvalue weighted by molar-refractivity contribution is 5.98. The molecular formula is C50H57N3O11. The van der Waals surface area contributed by atoms with E-state index >= 15 is 0 Å². The minimum Gasteiger partial charge on any atom is -0.507 e. The van der Waals surface area contributed by atoms with Crippen LogP contribution in [0.5, 0.6) is 28.7 Å². The maximum Gasteiger partial charge on any atom is 0.342 e. The van der Waals surface area contributed by atoms with E-state index < -0.39 is 47.9 Å². The van der Waals surface area contributed by atoms with E-state index in [1.54, 1.807) is 52.8 Å². The topological polar surface area (TPSA) is 183 Å². The number of hydrogen-bond acceptors (Lipinski definition) is 11. The zero-order chi connectivity index (χ0) is 45.5. The number of likely N-dealkylation sites (tertiary alicyclic amines) is 1. The lowest BCUT2D eigenvalue weighted by Gasteiger charge is -2.43. The van der Waals surface area contributed by atoms with Gasteiger partial charge in [0.15, 0.2) is 11.5 Å². The van der Waals surface area contributed by atoms with Crippen molar-refractivity contribution < 1.29 is 48.3 Å². The normalized spacial score (nSPS) is 19.8. The van der Waals surface area contributed by atoms with Crippen molar-refractivity contribution in [3.8, 4) is 28.7 Å². The molecule has 5 atom stereocenters. The molecule has 14 nitrogen and oxygen atoms in total. The van der Waals surface area contributed by atoms with Gasteiger partial charge in [-0.15, -0.1) is 0 Å². The number of nitrogens with zero attached hydrogens (tertiary/aromatic N) is 2. The number of carbonyl (C=O) groups excluding carboxylic acids is 4. The standard InChI is InChI=1S/C50H57N3O11/c1-30-13-11-18-36(54)17-10-6-9-16-33-23-40(55)46(47(58)45(33)50(60)64-30)37(34-24-41(61-2)48(63-4)42(25-34)62-3)26-43(56)51-38(22-31-14-7-5-8-15-31)49(59)52-27-32-21-35(29-52)39-19-12-20-44(57)53(39)28-32/h5,7-9,12,14-16,19-20,23-25,30,32,35,37-38,55,58H,6,10-11,13,17-18,21-22,26-29H2,1-4H3,(H,51,56)/t30-,32+,35-,37?,38?/m0/s1. The van der Waals surface area contributed by atoms with E-state index in [1.807, 2.05) is 36.4 Å². The molecule has 1 saturated heterocycles. The molecular weight excluding hydrogens is 819 g/mol. The Labute approximate surface area is 372 Å². The zero-order valence-electron chi connectivity index (χ0n) is 36.8. The van der Waals surface area contributed by atoms with Gasteiger partial charge in [0.2, 0.25) is 17.6 Å². The zero-order valence-corrected chi connectivity index (χ0v) is 36.8. The van der Waals surface area contributed by atoms with Crippen molar-refractivity contribution in [2.75, 3.05) is 34.4 Å². The number of esters is 1. The van der Waals surface area contributed by atoms with E-state index in [4.69, 9.17) is 18.9 Å². The highest BCUT2D eigenvalue weighted by atomic mass is 16.5. The first-order chi connectivity index (χ1) is 30.9. The van der Waals surface area contributed by atoms with Crippen LogP contribution in [0, 0.1) is 5.92 Å². The van der Waals surface area contributed by atoms with Gasteiger partial charge >= 0.3 is 5.97 Å². The van der Waals surface area contributed by atoms with Crippen LogP contribution >= 0.6 is 0 Å². The fraction of sp³-hybridized carbons (Fsp3) is 0.420. The number of Topliss-reactive ketones (excluding diaryl/α,β-unsaturated/α-hetero) is 1. The number of piperidine rings is 1. The van der Waals surface area contributed by atoms with Crippen LogP contribution in [0.3, 0.4) is 0 Å². The van der Waals surface area contributed by atoms with Crippen LogP contribution in [-0.4, -0.2) is 89.8 Å². The largest absolute Gasteiger partial charge is 0.507 e. The Bertz CT molecular complexity index is 2440. The molecule has 1 aromatic heterocycles. The third-order valence-corrected chi connectivity index (χ3v) is 12.6. The lowest BCUT2D eigenvalue weighted by Crippen LogP contribution is -2.55. The summed E-state index contributed by atoms with van der Waals surface area (Å²) in [7, 11) is 4.33. The first kappa shape index (κ1) is 45.5. The van der Waals surface area contributed by atoms with Crippen LogP contribution in [0.15, 0.2) is 77.6 Å². The molecule has 0 saturated carbocycles. The monoisotopic (exact) mass is 875 g/mol. The molecule has 0 aliphatic carbocycles. The Morgan fingerprint density at radius 2 is 1.62 bits per heavy atom. The number of hydrogen-bond donors (Lipinski definition) is 3. The summed E-state index contributed by atoms with van der Waals surface area (Å²) in [4.78, 5) is 70.3. The van der Waals surface area contributed by atoms with Gasteiger partial charge in [0, 0.05) is 74.5 Å². The maximum absolute atomic E-state index is 14.7. The molecule has 7 rings (SSSR count). The highest BCUT2D eigenvalue weighted by Gasteiger charge is 2.39. The lowest BCUT2D eigenvalue weighted by molar-refractivity contribution is -0.138. The summed E-state index contributed by atoms with van der Waals surface area (Å²) in [5, 5.41) is 27.2. The van der Waals surface area contributed by atoms with Gasteiger partial charge in [0.25, 0.3) is 5.56 Å². The molecule has 2 unspecified atom stereocenters. The Kier molecular flexibility index (Phi) is 14.4. The highest BCUT2D eigenvalue weighted by Crippen LogP contribution is 2.48. The van der Waals surface area contributed by atoms with Crippen LogP contribution in [-0.2, 0) is 32.1 Å². The van der Waals surface area contributed by atoms with Crippen LogP contribution in [0.4, 0.5) is 0 Å². The fourth-order valence-electron chi connectivity index (χ4n) is 9.49. The number of aromatic nitrogens is 1. The predicted molar refractivity (Wildman–Crippen MR) is 239 cm³/mol. The number of rotatable bonds is 11. The van der Waals surface area contributed by atoms with Gasteiger partial charge in [-0.1, -0.05) is 48.6 Å². The van der Waals surface area contributed by atoms with E-state index in [9.17, 15) is 34.2 Å². The average molecular weight is 876 g/mol. The minimum atomic E-state index is -1.15. The number of pyridine rings is 1. The Morgan fingerprint density at radius 3 is 2.34 bits per heavy atom. The van der Waals surface area contributed by atoms with Crippen molar-refractivity contribution >= 4 is 29.6 Å². The molecule has 2 bridgehead atoms. The molecule has 2 amide bonds. The maximum atomic E-state index is 14.7. The Hall–Kier alpha value is -6.57. The quantitative estimate of drug-likeness (QED) is 0.137. The summed E-state index contributed by atoms with van der Waals surface area (Å²) in [6.45, 7) is 3.02. The van der Waals surface area contributed by atoms with E-state index in [0.717, 1.165) is 17.7 Å². The number of allylic oxidation sites excluding steroid dienone is 1. The second-order valence-corrected chi connectivity index (χ2v) is 17.0. The lowest BCUT2D eigenvalue weighted by atomic mass is 9.82. The van der Waals surface area contributed by atoms with Crippen molar-refractivity contribution in [1.29, 1.82) is 0 Å². The number of benzene rings is 3. The SMILES string of the molecule is COc1cc(C(CC(=O)NC(Cc2ccccc2)C(=O)N2C[C@H]3C[C@@H](C2)c2cccc(=O)n2C3)c2c(O)cc3c(c2O)C(=O)O[C@@H](C)CCCC(=O)CCCC=C3)cc(OC)c1OC. The van der Waals surface area contributed by atoms with Gasteiger partial charge in [-0.25, -0.2) is 4.79 Å². The molecule has 0 spiro atoms. The summed E-state index contributed by atoms with van der Waals surface area (Å²) in [5.74, 6) is -2.91. The molecule has 3 aliphatic heterocycles. The number of phenols is 2. The Morgan fingerprint density at radius 1 is 0.891 bits per heavy atom. The van der Waals surface area contributed by atoms with Crippen molar-refractivity contribution in [3.63, 3.8) is 0 Å². The van der Waals surface area contributed by atoms with E-state index in [2.05, 4.69) is 5.32 Å². The van der Waals surface area contributed by atoms with Crippen molar-refractivity contribution in [2.24, 2.45) is 5.92 Å². The number of methoxy groups -OCH3 is 3. The molecule has 3 aromatic carbocycles. The first-order valence-electron chi connectivity index (χ1n) is 22.0. The fourth-order valence-corrected chi connectivity index (χ4v) is 9.49. The van der Waals surface area contributed by atoms with Gasteiger partial charge in [-0.2, -0.15) is 0 Å². The predicted octanol–water partition coefficient (Wildman–Crippen LogP) is 6.66. The molecule has 3 aliphatic rings. The van der Waals surface area contributed by atoms with Crippen molar-refractivity contribution in [3.05, 3.63) is 117 Å². The van der Waals surface area contributed by atoms with Gasteiger partial charge in [-0.05, 0) is 85.9 Å². The number of amides is 2. The van der Waals surface area contributed by atoms with E-state index in [-0.39, 0.29) is 69.4 Å². The number of aromatic hydroxyl groups is 2. The summed E-state index contributed by atoms with van der Waals surface area (Å²) in [6.07, 6.45) is 6.26.